The van der Waals surface area contributed by atoms with Crippen molar-refractivity contribution in [3.05, 3.63) is 18.2 Å². The van der Waals surface area contributed by atoms with Crippen LogP contribution in [0.25, 0.3) is 0 Å². The van der Waals surface area contributed by atoms with Crippen LogP contribution in [-0.4, -0.2) is 86.5 Å². The van der Waals surface area contributed by atoms with E-state index in [4.69, 9.17) is 9.47 Å². The van der Waals surface area contributed by atoms with E-state index in [2.05, 4.69) is 41.3 Å². The van der Waals surface area contributed by atoms with Gasteiger partial charge in [-0.1, -0.05) is 143 Å². The Kier molecular flexibility index (Phi) is 28.1. The van der Waals surface area contributed by atoms with Crippen LogP contribution in [0.2, 0.25) is 0 Å². The molecule has 0 unspecified atom stereocenters. The maximum atomic E-state index is 13.2. The van der Waals surface area contributed by atoms with Crippen LogP contribution < -0.4 is 10.6 Å². The Morgan fingerprint density at radius 1 is 0.763 bits per heavy atom. The number of carbonyl (C=O) groups excluding carboxylic acids is 3. The van der Waals surface area contributed by atoms with Gasteiger partial charge in [0, 0.05) is 25.7 Å². The number of rotatable bonds is 28. The van der Waals surface area contributed by atoms with E-state index in [1.165, 1.54) is 147 Å². The average Bonchev–Trinajstić information content (AvgIpc) is 3.81. The van der Waals surface area contributed by atoms with Gasteiger partial charge in [0.2, 0.25) is 5.91 Å². The van der Waals surface area contributed by atoms with Crippen molar-refractivity contribution in [2.75, 3.05) is 19.6 Å². The summed E-state index contributed by atoms with van der Waals surface area (Å²) in [4.78, 5) is 54.4. The summed E-state index contributed by atoms with van der Waals surface area (Å²) in [7, 11) is 0. The number of carboxylic acid groups (broad SMARTS) is 1. The molecule has 0 aliphatic carbocycles. The van der Waals surface area contributed by atoms with Gasteiger partial charge in [-0.2, -0.15) is 0 Å². The molecule has 12 heteroatoms. The van der Waals surface area contributed by atoms with Crippen molar-refractivity contribution in [2.24, 2.45) is 5.92 Å². The largest absolute Gasteiger partial charge is 0.480 e. The molecule has 1 fully saturated rings. The number of carboxylic acids is 1. The van der Waals surface area contributed by atoms with Crippen molar-refractivity contribution in [2.45, 2.75) is 233 Å². The molecule has 3 atom stereocenters. The molecule has 2 rings (SSSR count). The van der Waals surface area contributed by atoms with Crippen LogP contribution in [0.4, 0.5) is 9.59 Å². The van der Waals surface area contributed by atoms with Crippen molar-refractivity contribution in [1.82, 2.24) is 25.1 Å². The summed E-state index contributed by atoms with van der Waals surface area (Å²) in [5.74, 6) is -0.222. The molecule has 3 N–H and O–H groups in total. The molecule has 1 aliphatic heterocycles. The molecule has 59 heavy (non-hydrogen) atoms. The molecule has 1 aliphatic rings. The first-order chi connectivity index (χ1) is 28.0. The summed E-state index contributed by atoms with van der Waals surface area (Å²) in [6.45, 7) is 20.0. The minimum Gasteiger partial charge on any atom is -0.480 e. The van der Waals surface area contributed by atoms with Crippen molar-refractivity contribution < 1.29 is 33.8 Å². The second kappa shape index (κ2) is 30.8. The summed E-state index contributed by atoms with van der Waals surface area (Å²) >= 11 is 0. The van der Waals surface area contributed by atoms with Gasteiger partial charge in [0.15, 0.2) is 0 Å². The third kappa shape index (κ3) is 28.1. The van der Waals surface area contributed by atoms with Gasteiger partial charge in [0.25, 0.3) is 0 Å². The molecule has 1 aromatic rings. The Labute approximate surface area is 359 Å². The van der Waals surface area contributed by atoms with Crippen LogP contribution in [0.1, 0.15) is 209 Å². The fourth-order valence-electron chi connectivity index (χ4n) is 7.15. The highest BCUT2D eigenvalue weighted by atomic mass is 16.6. The Hall–Kier alpha value is -3.15. The van der Waals surface area contributed by atoms with E-state index in [1.807, 2.05) is 0 Å². The number of aliphatic carboxylic acids is 1. The van der Waals surface area contributed by atoms with E-state index in [-0.39, 0.29) is 12.5 Å². The second-order valence-corrected chi connectivity index (χ2v) is 18.8. The molecule has 0 spiro atoms. The van der Waals surface area contributed by atoms with E-state index >= 15 is 0 Å². The normalized spacial score (nSPS) is 15.9. The molecular weight excluding hydrogens is 747 g/mol. The number of nitrogens with one attached hydrogen (secondary N) is 2. The van der Waals surface area contributed by atoms with Gasteiger partial charge >= 0.3 is 18.2 Å². The maximum absolute atomic E-state index is 13.2. The summed E-state index contributed by atoms with van der Waals surface area (Å²) in [6, 6.07) is -1.16. The van der Waals surface area contributed by atoms with Crippen LogP contribution in [0.5, 0.6) is 0 Å². The summed E-state index contributed by atoms with van der Waals surface area (Å²) < 4.78 is 11.3. The molecule has 1 saturated heterocycles. The number of aromatic nitrogens is 2. The van der Waals surface area contributed by atoms with E-state index < -0.39 is 35.4 Å². The Balaban J connectivity index is 0.000000618. The third-order valence-electron chi connectivity index (χ3n) is 10.4. The van der Waals surface area contributed by atoms with Gasteiger partial charge in [-0.3, -0.25) is 4.79 Å². The van der Waals surface area contributed by atoms with Crippen molar-refractivity contribution in [3.63, 3.8) is 0 Å². The van der Waals surface area contributed by atoms with Gasteiger partial charge < -0.3 is 30.1 Å². The second-order valence-electron chi connectivity index (χ2n) is 18.8. The highest BCUT2D eigenvalue weighted by molar-refractivity contribution is 5.82. The maximum Gasteiger partial charge on any atom is 0.419 e. The molecule has 0 radical (unpaired) electrons. The average molecular weight is 834 g/mol. The van der Waals surface area contributed by atoms with E-state index in [1.54, 1.807) is 41.5 Å². The molecule has 12 nitrogen and oxygen atoms in total. The predicted molar refractivity (Wildman–Crippen MR) is 239 cm³/mol. The van der Waals surface area contributed by atoms with Crippen molar-refractivity contribution in [1.29, 1.82) is 0 Å². The van der Waals surface area contributed by atoms with Crippen molar-refractivity contribution in [3.8, 4) is 0 Å². The lowest BCUT2D eigenvalue weighted by atomic mass is 10.0. The monoisotopic (exact) mass is 834 g/mol. The number of imidazole rings is 1. The van der Waals surface area contributed by atoms with Gasteiger partial charge in [-0.05, 0) is 73.3 Å². The lowest BCUT2D eigenvalue weighted by molar-refractivity contribution is -0.139. The number of hydrogen-bond acceptors (Lipinski definition) is 8. The van der Waals surface area contributed by atoms with Crippen LogP contribution >= 0.6 is 0 Å². The Bertz CT molecular complexity index is 1290. The SMILES string of the molecule is CC(C)(C)OC(=O)N[C@@H](Cc1cn(C(=O)OC(C)(C)C)cn1)C(=O)O.CCCCCCCCCCCCCN(CCCCCCCCCCCC)C(=O)[C@@H]1C[C@H](C)CN1. The molecule has 342 valence electrons. The Morgan fingerprint density at radius 2 is 1.20 bits per heavy atom. The molecule has 0 saturated carbocycles. The van der Waals surface area contributed by atoms with Crippen molar-refractivity contribution >= 4 is 24.1 Å². The van der Waals surface area contributed by atoms with Crippen LogP contribution in [0.3, 0.4) is 0 Å². The van der Waals surface area contributed by atoms with E-state index in [0.29, 0.717) is 17.5 Å². The number of hydrogen-bond donors (Lipinski definition) is 3. The topological polar surface area (TPSA) is 152 Å². The summed E-state index contributed by atoms with van der Waals surface area (Å²) in [5, 5.41) is 15.0. The first kappa shape index (κ1) is 53.9. The van der Waals surface area contributed by atoms with Gasteiger partial charge in [-0.15, -0.1) is 0 Å². The summed E-state index contributed by atoms with van der Waals surface area (Å²) in [6.07, 6.45) is 30.6. The number of amides is 2. The van der Waals surface area contributed by atoms with Crippen LogP contribution in [-0.2, 0) is 25.5 Å². The Morgan fingerprint density at radius 3 is 1.59 bits per heavy atom. The fourth-order valence-corrected chi connectivity index (χ4v) is 7.15. The molecule has 1 aromatic heterocycles. The standard InChI is InChI=1S/C31H62N2O.C16H25N3O6/c1-4-6-8-10-12-14-16-18-20-22-24-26-33(31(34)30-27-29(3)28-32-30)25-23-21-19-17-15-13-11-9-7-5-2;1-15(2,3)24-13(22)18-11(12(20)21)7-10-8-19(9-17-10)14(23)25-16(4,5)6/h29-30,32H,4-28H2,1-3H3;8-9,11H,7H2,1-6H3,(H,18,22)(H,20,21)/t29-,30-;11-/m00/s1. The number of alkyl carbamates (subject to hydrolysis) is 1. The molecule has 2 heterocycles. The predicted octanol–water partition coefficient (Wildman–Crippen LogP) is 11.2. The zero-order valence-electron chi connectivity index (χ0n) is 39.0. The number of unbranched alkanes of at least 4 members (excludes halogenated alkanes) is 19. The smallest absolute Gasteiger partial charge is 0.419 e. The minimum atomic E-state index is -1.24. The minimum absolute atomic E-state index is 0.0748. The quantitative estimate of drug-likeness (QED) is 0.0700. The first-order valence-corrected chi connectivity index (χ1v) is 23.5. The number of nitrogens with zero attached hydrogens (tertiary/aromatic N) is 3. The molecule has 0 aromatic carbocycles. The third-order valence-corrected chi connectivity index (χ3v) is 10.4. The molecule has 0 bridgehead atoms. The van der Waals surface area contributed by atoms with Crippen LogP contribution in [0.15, 0.2) is 12.5 Å². The summed E-state index contributed by atoms with van der Waals surface area (Å²) in [5.41, 5.74) is -1.09. The first-order valence-electron chi connectivity index (χ1n) is 23.5. The highest BCUT2D eigenvalue weighted by Gasteiger charge is 2.30. The zero-order valence-corrected chi connectivity index (χ0v) is 39.0. The highest BCUT2D eigenvalue weighted by Crippen LogP contribution is 2.18. The number of carbonyl (C=O) groups is 4. The van der Waals surface area contributed by atoms with Gasteiger partial charge in [0.1, 0.15) is 23.6 Å². The van der Waals surface area contributed by atoms with Crippen LogP contribution in [0, 0.1) is 5.92 Å². The fraction of sp³-hybridized carbons (Fsp3) is 0.851. The zero-order chi connectivity index (χ0) is 44.1. The number of ether oxygens (including phenoxy) is 2. The molecular formula is C47H87N5O7. The van der Waals surface area contributed by atoms with Gasteiger partial charge in [0.05, 0.1) is 11.7 Å². The van der Waals surface area contributed by atoms with E-state index in [9.17, 15) is 24.3 Å². The van der Waals surface area contributed by atoms with E-state index in [0.717, 1.165) is 30.6 Å². The lowest BCUT2D eigenvalue weighted by Crippen LogP contribution is -2.44. The lowest BCUT2D eigenvalue weighted by Gasteiger charge is -2.26. The van der Waals surface area contributed by atoms with Gasteiger partial charge in [-0.25, -0.2) is 23.9 Å². The molecule has 2 amide bonds.